The van der Waals surface area contributed by atoms with Crippen molar-refractivity contribution < 1.29 is 8.78 Å². The number of nitrogen functional groups attached to an aromatic ring is 1. The predicted molar refractivity (Wildman–Crippen MR) is 71.8 cm³/mol. The Morgan fingerprint density at radius 2 is 1.89 bits per heavy atom. The van der Waals surface area contributed by atoms with Gasteiger partial charge in [-0.25, -0.2) is 8.78 Å². The van der Waals surface area contributed by atoms with Crippen molar-refractivity contribution in [1.29, 1.82) is 0 Å². The van der Waals surface area contributed by atoms with Crippen molar-refractivity contribution in [3.05, 3.63) is 58.7 Å². The van der Waals surface area contributed by atoms with Gasteiger partial charge in [-0.2, -0.15) is 0 Å². The summed E-state index contributed by atoms with van der Waals surface area (Å²) < 4.78 is 28.0. The van der Waals surface area contributed by atoms with E-state index in [0.717, 1.165) is 11.1 Å². The number of anilines is 2. The van der Waals surface area contributed by atoms with Crippen molar-refractivity contribution in [1.82, 2.24) is 0 Å². The van der Waals surface area contributed by atoms with Gasteiger partial charge in [-0.3, -0.25) is 0 Å². The molecule has 19 heavy (non-hydrogen) atoms. The number of rotatable bonds is 1. The van der Waals surface area contributed by atoms with Gasteiger partial charge < -0.3 is 10.6 Å². The van der Waals surface area contributed by atoms with Crippen molar-refractivity contribution in [2.45, 2.75) is 20.0 Å². The van der Waals surface area contributed by atoms with Crippen LogP contribution in [0.2, 0.25) is 0 Å². The minimum absolute atomic E-state index is 0.0376. The van der Waals surface area contributed by atoms with Gasteiger partial charge in [0.25, 0.3) is 0 Å². The molecule has 2 aromatic carbocycles. The number of aryl methyl sites for hydroxylation is 1. The van der Waals surface area contributed by atoms with Gasteiger partial charge in [-0.1, -0.05) is 18.2 Å². The Balaban J connectivity index is 2.04. The minimum atomic E-state index is -0.533. The highest BCUT2D eigenvalue weighted by atomic mass is 19.1. The van der Waals surface area contributed by atoms with Crippen LogP contribution in [0, 0.1) is 18.6 Å². The number of nitrogens with zero attached hydrogens (tertiary/aromatic N) is 1. The van der Waals surface area contributed by atoms with E-state index in [2.05, 4.69) is 0 Å². The average Bonchev–Trinajstić information content (AvgIpc) is 2.80. The van der Waals surface area contributed by atoms with Crippen molar-refractivity contribution in [3.8, 4) is 0 Å². The molecule has 1 heterocycles. The quantitative estimate of drug-likeness (QED) is 0.796. The van der Waals surface area contributed by atoms with Crippen LogP contribution in [0.4, 0.5) is 20.2 Å². The summed E-state index contributed by atoms with van der Waals surface area (Å²) in [6, 6.07) is 8.37. The van der Waals surface area contributed by atoms with Crippen molar-refractivity contribution in [2.75, 3.05) is 10.6 Å². The monoisotopic (exact) mass is 260 g/mol. The number of benzene rings is 2. The van der Waals surface area contributed by atoms with Crippen LogP contribution in [0.25, 0.3) is 0 Å². The van der Waals surface area contributed by atoms with Crippen molar-refractivity contribution in [3.63, 3.8) is 0 Å². The molecule has 0 aromatic heterocycles. The largest absolute Gasteiger partial charge is 0.398 e. The van der Waals surface area contributed by atoms with E-state index in [1.807, 2.05) is 18.2 Å². The molecule has 0 amide bonds. The number of nitrogens with two attached hydrogens (primary N) is 1. The summed E-state index contributed by atoms with van der Waals surface area (Å²) in [6.45, 7) is 2.56. The van der Waals surface area contributed by atoms with E-state index in [0.29, 0.717) is 24.3 Å². The van der Waals surface area contributed by atoms with Crippen molar-refractivity contribution >= 4 is 11.4 Å². The average molecular weight is 260 g/mol. The zero-order valence-corrected chi connectivity index (χ0v) is 10.6. The molecular weight excluding hydrogens is 246 g/mol. The first-order chi connectivity index (χ1) is 9.08. The van der Waals surface area contributed by atoms with Gasteiger partial charge in [0.15, 0.2) is 5.82 Å². The first-order valence-corrected chi connectivity index (χ1v) is 6.13. The smallest absolute Gasteiger partial charge is 0.152 e. The zero-order chi connectivity index (χ0) is 13.6. The zero-order valence-electron chi connectivity index (χ0n) is 10.6. The van der Waals surface area contributed by atoms with E-state index in [1.54, 1.807) is 11.8 Å². The summed E-state index contributed by atoms with van der Waals surface area (Å²) in [6.07, 6.45) is 0. The molecule has 98 valence electrons. The molecule has 1 aliphatic rings. The lowest BCUT2D eigenvalue weighted by molar-refractivity contribution is 0.567. The number of hydrogen-bond acceptors (Lipinski definition) is 2. The Morgan fingerprint density at radius 1 is 1.11 bits per heavy atom. The molecular formula is C15H14F2N2. The molecule has 3 rings (SSSR count). The van der Waals surface area contributed by atoms with Crippen LogP contribution in [0.15, 0.2) is 30.3 Å². The van der Waals surface area contributed by atoms with E-state index >= 15 is 0 Å². The third kappa shape index (κ3) is 1.84. The highest BCUT2D eigenvalue weighted by Gasteiger charge is 2.26. The second kappa shape index (κ2) is 4.23. The lowest BCUT2D eigenvalue weighted by Crippen LogP contribution is -2.18. The summed E-state index contributed by atoms with van der Waals surface area (Å²) in [5, 5.41) is 0. The molecule has 2 nitrogen and oxygen atoms in total. The molecule has 0 aliphatic carbocycles. The van der Waals surface area contributed by atoms with E-state index in [-0.39, 0.29) is 5.69 Å². The lowest BCUT2D eigenvalue weighted by Gasteiger charge is -2.20. The molecule has 0 bridgehead atoms. The summed E-state index contributed by atoms with van der Waals surface area (Å²) >= 11 is 0. The van der Waals surface area contributed by atoms with Crippen molar-refractivity contribution in [2.24, 2.45) is 0 Å². The molecule has 0 saturated heterocycles. The first-order valence-electron chi connectivity index (χ1n) is 6.13. The van der Waals surface area contributed by atoms with Gasteiger partial charge in [0, 0.05) is 18.8 Å². The second-order valence-corrected chi connectivity index (χ2v) is 4.87. The molecule has 0 saturated carbocycles. The highest BCUT2D eigenvalue weighted by Crippen LogP contribution is 2.35. The standard InChI is InChI=1S/C15H14F2N2/c1-9-5-6-12(16)15(14(9)17)19-7-10-3-2-4-13(18)11(10)8-19/h2-6H,7-8,18H2,1H3. The Kier molecular flexibility index (Phi) is 2.66. The predicted octanol–water partition coefficient (Wildman–Crippen LogP) is 3.38. The molecule has 2 N–H and O–H groups in total. The van der Waals surface area contributed by atoms with Gasteiger partial charge >= 0.3 is 0 Å². The maximum atomic E-state index is 14.1. The Bertz CT molecular complexity index is 653. The molecule has 2 aromatic rings. The topological polar surface area (TPSA) is 29.3 Å². The summed E-state index contributed by atoms with van der Waals surface area (Å²) in [5.41, 5.74) is 9.05. The second-order valence-electron chi connectivity index (χ2n) is 4.87. The van der Waals surface area contributed by atoms with Crippen LogP contribution in [0.5, 0.6) is 0 Å². The number of hydrogen-bond donors (Lipinski definition) is 1. The van der Waals surface area contributed by atoms with Gasteiger partial charge in [-0.05, 0) is 35.7 Å². The lowest BCUT2D eigenvalue weighted by atomic mass is 10.1. The van der Waals surface area contributed by atoms with Crippen LogP contribution in [0.3, 0.4) is 0 Å². The first kappa shape index (κ1) is 12.0. The number of fused-ring (bicyclic) bond motifs is 1. The Hall–Kier alpha value is -2.10. The summed E-state index contributed by atoms with van der Waals surface area (Å²) in [4.78, 5) is 1.69. The molecule has 0 fully saturated rings. The Morgan fingerprint density at radius 3 is 2.63 bits per heavy atom. The van der Waals surface area contributed by atoms with E-state index < -0.39 is 11.6 Å². The van der Waals surface area contributed by atoms with E-state index in [4.69, 9.17) is 5.73 Å². The molecule has 0 atom stereocenters. The van der Waals surface area contributed by atoms with Gasteiger partial charge in [0.05, 0.1) is 0 Å². The molecule has 1 aliphatic heterocycles. The van der Waals surface area contributed by atoms with E-state index in [1.165, 1.54) is 12.1 Å². The maximum absolute atomic E-state index is 14.1. The van der Waals surface area contributed by atoms with E-state index in [9.17, 15) is 8.78 Å². The number of halogens is 2. The van der Waals surface area contributed by atoms with Crippen LogP contribution < -0.4 is 10.6 Å². The van der Waals surface area contributed by atoms with Crippen LogP contribution in [-0.4, -0.2) is 0 Å². The van der Waals surface area contributed by atoms with Gasteiger partial charge in [0.2, 0.25) is 0 Å². The molecule has 0 radical (unpaired) electrons. The third-order valence-electron chi connectivity index (χ3n) is 3.60. The fourth-order valence-corrected chi connectivity index (χ4v) is 2.54. The van der Waals surface area contributed by atoms with Crippen LogP contribution >= 0.6 is 0 Å². The fourth-order valence-electron chi connectivity index (χ4n) is 2.54. The fraction of sp³-hybridized carbons (Fsp3) is 0.200. The van der Waals surface area contributed by atoms with Gasteiger partial charge in [0.1, 0.15) is 11.5 Å². The third-order valence-corrected chi connectivity index (χ3v) is 3.60. The normalized spacial score (nSPS) is 13.7. The van der Waals surface area contributed by atoms with Crippen LogP contribution in [0.1, 0.15) is 16.7 Å². The Labute approximate surface area is 110 Å². The van der Waals surface area contributed by atoms with Gasteiger partial charge in [-0.15, -0.1) is 0 Å². The highest BCUT2D eigenvalue weighted by molar-refractivity contribution is 5.61. The molecule has 4 heteroatoms. The molecule has 0 spiro atoms. The molecule has 0 unspecified atom stereocenters. The summed E-state index contributed by atoms with van der Waals surface area (Å²) in [5.74, 6) is -1.03. The van der Waals surface area contributed by atoms with Crippen LogP contribution in [-0.2, 0) is 13.1 Å². The summed E-state index contributed by atoms with van der Waals surface area (Å²) in [7, 11) is 0. The maximum Gasteiger partial charge on any atom is 0.152 e. The SMILES string of the molecule is Cc1ccc(F)c(N2Cc3cccc(N)c3C2)c1F. The minimum Gasteiger partial charge on any atom is -0.398 e.